The monoisotopic (exact) mass is 510 g/mol. The zero-order chi connectivity index (χ0) is 26.6. The second-order valence-electron chi connectivity index (χ2n) is 10.1. The highest BCUT2D eigenvalue weighted by molar-refractivity contribution is 6.10. The van der Waals surface area contributed by atoms with Gasteiger partial charge in [-0.15, -0.1) is 0 Å². The first kappa shape index (κ1) is 22.4. The van der Waals surface area contributed by atoms with Crippen molar-refractivity contribution < 1.29 is 4.42 Å². The fourth-order valence-corrected chi connectivity index (χ4v) is 6.04. The van der Waals surface area contributed by atoms with Crippen LogP contribution in [0.2, 0.25) is 0 Å². The molecule has 3 heteroatoms. The molecular formula is C37H22N2O. The summed E-state index contributed by atoms with van der Waals surface area (Å²) in [6, 6.07) is 48.4. The van der Waals surface area contributed by atoms with Gasteiger partial charge in [-0.1, -0.05) is 84.9 Å². The van der Waals surface area contributed by atoms with Gasteiger partial charge in [0.15, 0.2) is 0 Å². The highest BCUT2D eigenvalue weighted by Crippen LogP contribution is 2.39. The molecule has 0 N–H and O–H groups in total. The molecule has 6 aromatic carbocycles. The minimum atomic E-state index is 0.633. The average molecular weight is 511 g/mol. The molecule has 0 amide bonds. The molecule has 0 saturated carbocycles. The molecule has 0 fully saturated rings. The lowest BCUT2D eigenvalue weighted by Crippen LogP contribution is -1.97. The molecule has 186 valence electrons. The van der Waals surface area contributed by atoms with E-state index in [1.165, 1.54) is 21.8 Å². The van der Waals surface area contributed by atoms with E-state index in [-0.39, 0.29) is 0 Å². The highest BCUT2D eigenvalue weighted by atomic mass is 16.3. The van der Waals surface area contributed by atoms with Crippen LogP contribution in [0.3, 0.4) is 0 Å². The number of rotatable bonds is 3. The summed E-state index contributed by atoms with van der Waals surface area (Å²) in [5.74, 6) is 0. The standard InChI is InChI=1S/C37H22N2O/c38-23-26-18-17-24(21-32(26)25-19-20-31-30-12-4-8-16-36(30)40-37(31)22-25)27-9-1-5-13-33(27)39-34-14-6-2-10-28(34)29-11-3-7-15-35(29)39/h1-22H. The minimum absolute atomic E-state index is 0.633. The van der Waals surface area contributed by atoms with E-state index in [0.717, 1.165) is 49.9 Å². The normalized spacial score (nSPS) is 11.5. The molecule has 0 bridgehead atoms. The highest BCUT2D eigenvalue weighted by Gasteiger charge is 2.17. The van der Waals surface area contributed by atoms with Gasteiger partial charge in [-0.25, -0.2) is 0 Å². The number of para-hydroxylation sites is 4. The Morgan fingerprint density at radius 2 is 1.10 bits per heavy atom. The van der Waals surface area contributed by atoms with Crippen molar-refractivity contribution in [1.29, 1.82) is 5.26 Å². The van der Waals surface area contributed by atoms with Gasteiger partial charge in [-0.2, -0.15) is 5.26 Å². The lowest BCUT2D eigenvalue weighted by molar-refractivity contribution is 0.669. The smallest absolute Gasteiger partial charge is 0.136 e. The lowest BCUT2D eigenvalue weighted by Gasteiger charge is -2.15. The van der Waals surface area contributed by atoms with Gasteiger partial charge in [0.25, 0.3) is 0 Å². The van der Waals surface area contributed by atoms with E-state index in [4.69, 9.17) is 4.42 Å². The van der Waals surface area contributed by atoms with Crippen LogP contribution in [0.15, 0.2) is 138 Å². The Hall–Kier alpha value is -5.59. The maximum absolute atomic E-state index is 10.0. The first-order valence-corrected chi connectivity index (χ1v) is 13.3. The van der Waals surface area contributed by atoms with Crippen LogP contribution in [0.5, 0.6) is 0 Å². The van der Waals surface area contributed by atoms with Gasteiger partial charge in [0.05, 0.1) is 28.4 Å². The van der Waals surface area contributed by atoms with Crippen molar-refractivity contribution in [2.75, 3.05) is 0 Å². The van der Waals surface area contributed by atoms with Crippen LogP contribution in [0, 0.1) is 11.3 Å². The molecule has 3 nitrogen and oxygen atoms in total. The number of aromatic nitrogens is 1. The Labute approximate surface area is 230 Å². The molecule has 8 rings (SSSR count). The van der Waals surface area contributed by atoms with E-state index in [9.17, 15) is 5.26 Å². The van der Waals surface area contributed by atoms with Crippen molar-refractivity contribution in [2.24, 2.45) is 0 Å². The summed E-state index contributed by atoms with van der Waals surface area (Å²) in [7, 11) is 0. The average Bonchev–Trinajstić information content (AvgIpc) is 3.56. The van der Waals surface area contributed by atoms with Crippen molar-refractivity contribution in [2.45, 2.75) is 0 Å². The third kappa shape index (κ3) is 3.30. The molecule has 0 aliphatic heterocycles. The molecule has 0 radical (unpaired) electrons. The quantitative estimate of drug-likeness (QED) is 0.237. The molecule has 40 heavy (non-hydrogen) atoms. The second kappa shape index (κ2) is 8.73. The van der Waals surface area contributed by atoms with Crippen molar-refractivity contribution >= 4 is 43.7 Å². The summed E-state index contributed by atoms with van der Waals surface area (Å²) in [5, 5.41) is 14.7. The number of furan rings is 1. The topological polar surface area (TPSA) is 41.9 Å². The second-order valence-corrected chi connectivity index (χ2v) is 10.1. The van der Waals surface area contributed by atoms with E-state index in [2.05, 4.69) is 114 Å². The fourth-order valence-electron chi connectivity index (χ4n) is 6.04. The Morgan fingerprint density at radius 1 is 0.500 bits per heavy atom. The van der Waals surface area contributed by atoms with Crippen molar-refractivity contribution in [3.63, 3.8) is 0 Å². The van der Waals surface area contributed by atoms with E-state index in [0.29, 0.717) is 5.56 Å². The molecular weight excluding hydrogens is 488 g/mol. The zero-order valence-corrected chi connectivity index (χ0v) is 21.5. The Bertz CT molecular complexity index is 2240. The molecule has 0 spiro atoms. The summed E-state index contributed by atoms with van der Waals surface area (Å²) in [4.78, 5) is 0. The van der Waals surface area contributed by atoms with E-state index in [1.807, 2.05) is 30.3 Å². The maximum atomic E-state index is 10.0. The summed E-state index contributed by atoms with van der Waals surface area (Å²) in [5.41, 5.74) is 9.75. The van der Waals surface area contributed by atoms with Gasteiger partial charge >= 0.3 is 0 Å². The Balaban J connectivity index is 1.34. The fraction of sp³-hybridized carbons (Fsp3) is 0. The van der Waals surface area contributed by atoms with Crippen LogP contribution in [-0.2, 0) is 0 Å². The van der Waals surface area contributed by atoms with Gasteiger partial charge in [-0.3, -0.25) is 0 Å². The number of fused-ring (bicyclic) bond motifs is 6. The third-order valence-electron chi connectivity index (χ3n) is 7.87. The molecule has 2 heterocycles. The zero-order valence-electron chi connectivity index (χ0n) is 21.5. The molecule has 0 aliphatic carbocycles. The molecule has 2 aromatic heterocycles. The van der Waals surface area contributed by atoms with Crippen molar-refractivity contribution in [3.05, 3.63) is 139 Å². The maximum Gasteiger partial charge on any atom is 0.136 e. The molecule has 0 atom stereocenters. The van der Waals surface area contributed by atoms with Crippen LogP contribution in [-0.4, -0.2) is 4.57 Å². The van der Waals surface area contributed by atoms with E-state index < -0.39 is 0 Å². The third-order valence-corrected chi connectivity index (χ3v) is 7.87. The predicted octanol–water partition coefficient (Wildman–Crippen LogP) is 9.89. The number of nitrogens with zero attached hydrogens (tertiary/aromatic N) is 2. The van der Waals surface area contributed by atoms with Gasteiger partial charge < -0.3 is 8.98 Å². The summed E-state index contributed by atoms with van der Waals surface area (Å²) < 4.78 is 8.51. The molecule has 0 unspecified atom stereocenters. The van der Waals surface area contributed by atoms with E-state index >= 15 is 0 Å². The Kier molecular flexibility index (Phi) is 4.89. The number of hydrogen-bond donors (Lipinski definition) is 0. The predicted molar refractivity (Wildman–Crippen MR) is 164 cm³/mol. The number of hydrogen-bond acceptors (Lipinski definition) is 2. The van der Waals surface area contributed by atoms with Crippen molar-refractivity contribution in [3.8, 4) is 34.0 Å². The summed E-state index contributed by atoms with van der Waals surface area (Å²) in [6.07, 6.45) is 0. The molecule has 8 aromatic rings. The minimum Gasteiger partial charge on any atom is -0.456 e. The van der Waals surface area contributed by atoms with Crippen LogP contribution < -0.4 is 0 Å². The first-order chi connectivity index (χ1) is 19.8. The lowest BCUT2D eigenvalue weighted by atomic mass is 9.93. The van der Waals surface area contributed by atoms with Crippen molar-refractivity contribution in [1.82, 2.24) is 4.57 Å². The molecule has 0 aliphatic rings. The number of nitriles is 1. The first-order valence-electron chi connectivity index (χ1n) is 13.3. The SMILES string of the molecule is N#Cc1ccc(-c2ccccc2-n2c3ccccc3c3ccccc32)cc1-c1ccc2c(c1)oc1ccccc12. The van der Waals surface area contributed by atoms with Crippen LogP contribution in [0.1, 0.15) is 5.56 Å². The van der Waals surface area contributed by atoms with Crippen LogP contribution >= 0.6 is 0 Å². The van der Waals surface area contributed by atoms with Gasteiger partial charge in [0.2, 0.25) is 0 Å². The van der Waals surface area contributed by atoms with Crippen LogP contribution in [0.25, 0.3) is 71.7 Å². The van der Waals surface area contributed by atoms with Gasteiger partial charge in [-0.05, 0) is 59.7 Å². The van der Waals surface area contributed by atoms with Gasteiger partial charge in [0.1, 0.15) is 11.2 Å². The number of benzene rings is 6. The van der Waals surface area contributed by atoms with Gasteiger partial charge in [0, 0.05) is 32.7 Å². The largest absolute Gasteiger partial charge is 0.456 e. The van der Waals surface area contributed by atoms with E-state index in [1.54, 1.807) is 0 Å². The summed E-state index contributed by atoms with van der Waals surface area (Å²) in [6.45, 7) is 0. The van der Waals surface area contributed by atoms with Crippen LogP contribution in [0.4, 0.5) is 0 Å². The summed E-state index contributed by atoms with van der Waals surface area (Å²) >= 11 is 0. The molecule has 0 saturated heterocycles. The Morgan fingerprint density at radius 3 is 1.88 bits per heavy atom.